The van der Waals surface area contributed by atoms with Crippen LogP contribution in [0.2, 0.25) is 0 Å². The normalized spacial score (nSPS) is 16.1. The Bertz CT molecular complexity index is 1250. The SMILES string of the molecule is COc1cccc(CN(CC2CC(c3ccc4c(c3)OCO4)=NO2)C(=O)c2ccccc2F)c1. The number of amides is 1. The van der Waals surface area contributed by atoms with Crippen LogP contribution in [0.4, 0.5) is 4.39 Å². The maximum Gasteiger partial charge on any atom is 0.257 e. The third kappa shape index (κ3) is 4.52. The minimum Gasteiger partial charge on any atom is -0.497 e. The van der Waals surface area contributed by atoms with E-state index in [1.165, 1.54) is 12.1 Å². The molecule has 0 radical (unpaired) electrons. The third-order valence-corrected chi connectivity index (χ3v) is 5.76. The third-order valence-electron chi connectivity index (χ3n) is 5.76. The molecule has 0 bridgehead atoms. The second-order valence-corrected chi connectivity index (χ2v) is 8.05. The summed E-state index contributed by atoms with van der Waals surface area (Å²) in [5, 5.41) is 4.24. The molecule has 0 fully saturated rings. The first-order chi connectivity index (χ1) is 16.6. The highest BCUT2D eigenvalue weighted by Crippen LogP contribution is 2.34. The van der Waals surface area contributed by atoms with Gasteiger partial charge in [-0.05, 0) is 48.0 Å². The Morgan fingerprint density at radius 1 is 1.09 bits per heavy atom. The monoisotopic (exact) mass is 462 g/mol. The van der Waals surface area contributed by atoms with Crippen molar-refractivity contribution in [3.63, 3.8) is 0 Å². The van der Waals surface area contributed by atoms with Gasteiger partial charge in [0.1, 0.15) is 11.6 Å². The predicted molar refractivity (Wildman–Crippen MR) is 123 cm³/mol. The Morgan fingerprint density at radius 3 is 2.79 bits per heavy atom. The maximum atomic E-state index is 14.4. The number of benzene rings is 3. The molecule has 1 amide bonds. The van der Waals surface area contributed by atoms with Gasteiger partial charge in [0.2, 0.25) is 6.79 Å². The molecular formula is C26H23FN2O5. The van der Waals surface area contributed by atoms with Crippen LogP contribution in [-0.4, -0.2) is 43.1 Å². The van der Waals surface area contributed by atoms with Gasteiger partial charge in [-0.15, -0.1) is 0 Å². The van der Waals surface area contributed by atoms with Crippen molar-refractivity contribution in [3.05, 3.63) is 89.2 Å². The van der Waals surface area contributed by atoms with Crippen molar-refractivity contribution < 1.29 is 28.2 Å². The summed E-state index contributed by atoms with van der Waals surface area (Å²) in [4.78, 5) is 20.6. The first-order valence-electron chi connectivity index (χ1n) is 10.9. The predicted octanol–water partition coefficient (Wildman–Crippen LogP) is 4.40. The summed E-state index contributed by atoms with van der Waals surface area (Å²) >= 11 is 0. The minimum absolute atomic E-state index is 0.0142. The molecule has 1 atom stereocenters. The van der Waals surface area contributed by atoms with Gasteiger partial charge in [0.15, 0.2) is 17.6 Å². The summed E-state index contributed by atoms with van der Waals surface area (Å²) < 4.78 is 30.5. The smallest absolute Gasteiger partial charge is 0.257 e. The summed E-state index contributed by atoms with van der Waals surface area (Å²) in [7, 11) is 1.59. The molecule has 0 spiro atoms. The van der Waals surface area contributed by atoms with Gasteiger partial charge in [0.05, 0.1) is 24.9 Å². The fraction of sp³-hybridized carbons (Fsp3) is 0.231. The molecule has 3 aromatic rings. The van der Waals surface area contributed by atoms with E-state index < -0.39 is 11.7 Å². The number of hydrogen-bond acceptors (Lipinski definition) is 6. The molecule has 5 rings (SSSR count). The molecule has 2 aliphatic heterocycles. The quantitative estimate of drug-likeness (QED) is 0.521. The van der Waals surface area contributed by atoms with Gasteiger partial charge >= 0.3 is 0 Å². The van der Waals surface area contributed by atoms with Gasteiger partial charge in [-0.3, -0.25) is 4.79 Å². The highest BCUT2D eigenvalue weighted by atomic mass is 19.1. The van der Waals surface area contributed by atoms with Crippen LogP contribution in [0.25, 0.3) is 0 Å². The maximum absolute atomic E-state index is 14.4. The zero-order valence-electron chi connectivity index (χ0n) is 18.6. The lowest BCUT2D eigenvalue weighted by molar-refractivity contribution is 0.0402. The summed E-state index contributed by atoms with van der Waals surface area (Å²) in [6.07, 6.45) is 0.125. The molecule has 0 aromatic heterocycles. The van der Waals surface area contributed by atoms with Crippen LogP contribution in [0.5, 0.6) is 17.2 Å². The van der Waals surface area contributed by atoms with Crippen LogP contribution in [0.3, 0.4) is 0 Å². The van der Waals surface area contributed by atoms with Crippen molar-refractivity contribution >= 4 is 11.6 Å². The van der Waals surface area contributed by atoms with E-state index in [1.807, 2.05) is 42.5 Å². The van der Waals surface area contributed by atoms with E-state index in [9.17, 15) is 9.18 Å². The highest BCUT2D eigenvalue weighted by Gasteiger charge is 2.29. The average Bonchev–Trinajstić information content (AvgIpc) is 3.53. The van der Waals surface area contributed by atoms with Crippen molar-refractivity contribution in [1.29, 1.82) is 0 Å². The van der Waals surface area contributed by atoms with E-state index in [4.69, 9.17) is 19.0 Å². The number of nitrogens with zero attached hydrogens (tertiary/aromatic N) is 2. The van der Waals surface area contributed by atoms with E-state index >= 15 is 0 Å². The number of rotatable bonds is 7. The van der Waals surface area contributed by atoms with Crippen molar-refractivity contribution in [2.24, 2.45) is 5.16 Å². The zero-order chi connectivity index (χ0) is 23.5. The first kappa shape index (κ1) is 21.8. The average molecular weight is 462 g/mol. The number of ether oxygens (including phenoxy) is 3. The summed E-state index contributed by atoms with van der Waals surface area (Å²) in [6.45, 7) is 0.702. The molecule has 0 aliphatic carbocycles. The number of methoxy groups -OCH3 is 1. The summed E-state index contributed by atoms with van der Waals surface area (Å²) in [6, 6.07) is 19.0. The zero-order valence-corrected chi connectivity index (χ0v) is 18.6. The minimum atomic E-state index is -0.562. The molecule has 1 unspecified atom stereocenters. The number of halogens is 1. The molecule has 174 valence electrons. The van der Waals surface area contributed by atoms with Crippen LogP contribution in [0.15, 0.2) is 71.9 Å². The highest BCUT2D eigenvalue weighted by molar-refractivity contribution is 6.02. The molecule has 0 N–H and O–H groups in total. The number of carbonyl (C=O) groups is 1. The van der Waals surface area contributed by atoms with Crippen molar-refractivity contribution in [3.8, 4) is 17.2 Å². The van der Waals surface area contributed by atoms with Crippen LogP contribution in [0.1, 0.15) is 27.9 Å². The van der Waals surface area contributed by atoms with Crippen LogP contribution < -0.4 is 14.2 Å². The second-order valence-electron chi connectivity index (χ2n) is 8.05. The molecular weight excluding hydrogens is 439 g/mol. The second kappa shape index (κ2) is 9.43. The lowest BCUT2D eigenvalue weighted by Gasteiger charge is -2.25. The Hall–Kier alpha value is -4.07. The molecule has 8 heteroatoms. The topological polar surface area (TPSA) is 69.6 Å². The van der Waals surface area contributed by atoms with E-state index in [-0.39, 0.29) is 31.5 Å². The van der Waals surface area contributed by atoms with Gasteiger partial charge in [0.25, 0.3) is 5.91 Å². The van der Waals surface area contributed by atoms with E-state index in [0.29, 0.717) is 23.7 Å². The molecule has 7 nitrogen and oxygen atoms in total. The number of hydrogen-bond donors (Lipinski definition) is 0. The Kier molecular flexibility index (Phi) is 6.03. The van der Waals surface area contributed by atoms with E-state index in [1.54, 1.807) is 24.1 Å². The summed E-state index contributed by atoms with van der Waals surface area (Å²) in [5.74, 6) is 1.06. The molecule has 0 saturated heterocycles. The van der Waals surface area contributed by atoms with Crippen molar-refractivity contribution in [2.75, 3.05) is 20.4 Å². The number of carbonyl (C=O) groups excluding carboxylic acids is 1. The van der Waals surface area contributed by atoms with Gasteiger partial charge in [-0.25, -0.2) is 4.39 Å². The Labute approximate surface area is 196 Å². The van der Waals surface area contributed by atoms with Crippen LogP contribution in [0, 0.1) is 5.82 Å². The van der Waals surface area contributed by atoms with E-state index in [0.717, 1.165) is 16.8 Å². The lowest BCUT2D eigenvalue weighted by atomic mass is 10.0. The van der Waals surface area contributed by atoms with E-state index in [2.05, 4.69) is 5.16 Å². The molecule has 0 saturated carbocycles. The number of fused-ring (bicyclic) bond motifs is 1. The van der Waals surface area contributed by atoms with Crippen molar-refractivity contribution in [2.45, 2.75) is 19.1 Å². The fourth-order valence-corrected chi connectivity index (χ4v) is 4.03. The number of oxime groups is 1. The Balaban J connectivity index is 1.34. The fourth-order valence-electron chi connectivity index (χ4n) is 4.03. The molecule has 2 heterocycles. The van der Waals surface area contributed by atoms with Crippen LogP contribution in [-0.2, 0) is 11.4 Å². The van der Waals surface area contributed by atoms with Crippen LogP contribution >= 0.6 is 0 Å². The molecule has 34 heavy (non-hydrogen) atoms. The molecule has 3 aromatic carbocycles. The van der Waals surface area contributed by atoms with Crippen molar-refractivity contribution in [1.82, 2.24) is 4.90 Å². The standard InChI is InChI=1S/C26H23FN2O5/c1-31-19-6-4-5-17(11-19)14-29(26(30)21-7-2-3-8-22(21)27)15-20-13-23(28-34-20)18-9-10-24-25(12-18)33-16-32-24/h2-12,20H,13-16H2,1H3. The molecule has 2 aliphatic rings. The van der Waals surface area contributed by atoms with Gasteiger partial charge in [0, 0.05) is 18.5 Å². The van der Waals surface area contributed by atoms with Gasteiger partial charge in [-0.1, -0.05) is 29.4 Å². The first-order valence-corrected chi connectivity index (χ1v) is 10.9. The Morgan fingerprint density at radius 2 is 1.94 bits per heavy atom. The van der Waals surface area contributed by atoms with Gasteiger partial charge in [-0.2, -0.15) is 0 Å². The lowest BCUT2D eigenvalue weighted by Crippen LogP contribution is -2.37. The summed E-state index contributed by atoms with van der Waals surface area (Å²) in [5.41, 5.74) is 2.49. The van der Waals surface area contributed by atoms with Gasteiger partial charge < -0.3 is 23.9 Å². The largest absolute Gasteiger partial charge is 0.497 e.